The van der Waals surface area contributed by atoms with Gasteiger partial charge >= 0.3 is 0 Å². The second-order valence-electron chi connectivity index (χ2n) is 7.43. The first kappa shape index (κ1) is 26.7. The van der Waals surface area contributed by atoms with Crippen molar-refractivity contribution in [1.82, 2.24) is 20.1 Å². The lowest BCUT2D eigenvalue weighted by Crippen LogP contribution is -2.24. The molecule has 0 saturated heterocycles. The van der Waals surface area contributed by atoms with Gasteiger partial charge in [-0.15, -0.1) is 0 Å². The van der Waals surface area contributed by atoms with E-state index >= 15 is 0 Å². The molecule has 7 nitrogen and oxygen atoms in total. The molecule has 0 aliphatic heterocycles. The van der Waals surface area contributed by atoms with Crippen LogP contribution in [0, 0.1) is 5.82 Å². The average Bonchev–Trinajstić information content (AvgIpc) is 3.22. The average molecular weight is 485 g/mol. The van der Waals surface area contributed by atoms with E-state index in [0.29, 0.717) is 28.1 Å². The van der Waals surface area contributed by atoms with E-state index in [-0.39, 0.29) is 23.2 Å². The fraction of sp³-hybridized carbons (Fsp3) is 0.240. The summed E-state index contributed by atoms with van der Waals surface area (Å²) < 4.78 is 38.2. The Kier molecular flexibility index (Phi) is 9.44. The van der Waals surface area contributed by atoms with Gasteiger partial charge < -0.3 is 5.32 Å². The first-order valence-electron chi connectivity index (χ1n) is 10.7. The number of benzene rings is 1. The minimum atomic E-state index is -3.40. The van der Waals surface area contributed by atoms with E-state index in [1.807, 2.05) is 0 Å². The Morgan fingerprint density at radius 3 is 2.38 bits per heavy atom. The third-order valence-electron chi connectivity index (χ3n) is 4.55. The zero-order valence-corrected chi connectivity index (χ0v) is 20.6. The predicted octanol–water partition coefficient (Wildman–Crippen LogP) is 4.59. The van der Waals surface area contributed by atoms with Gasteiger partial charge in [0, 0.05) is 36.3 Å². The second kappa shape index (κ2) is 12.0. The number of hydrogen-bond donors (Lipinski definition) is 1. The molecule has 0 saturated carbocycles. The molecule has 9 heteroatoms. The van der Waals surface area contributed by atoms with Crippen molar-refractivity contribution in [2.75, 3.05) is 6.26 Å². The van der Waals surface area contributed by atoms with Gasteiger partial charge in [0.25, 0.3) is 5.91 Å². The van der Waals surface area contributed by atoms with Gasteiger partial charge in [0.1, 0.15) is 5.82 Å². The van der Waals surface area contributed by atoms with E-state index in [1.54, 1.807) is 42.1 Å². The van der Waals surface area contributed by atoms with E-state index < -0.39 is 9.84 Å². The van der Waals surface area contributed by atoms with Crippen molar-refractivity contribution < 1.29 is 17.6 Å². The van der Waals surface area contributed by atoms with Gasteiger partial charge in [0.05, 0.1) is 22.5 Å². The van der Waals surface area contributed by atoms with Crippen molar-refractivity contribution in [3.8, 4) is 5.69 Å². The highest BCUT2D eigenvalue weighted by Gasteiger charge is 2.19. The van der Waals surface area contributed by atoms with Crippen LogP contribution < -0.4 is 5.32 Å². The Bertz CT molecular complexity index is 1280. The minimum Gasteiger partial charge on any atom is -0.348 e. The fourth-order valence-electron chi connectivity index (χ4n) is 3.00. The number of nitrogens with one attached hydrogen (secondary N) is 1. The highest BCUT2D eigenvalue weighted by Crippen LogP contribution is 2.24. The number of nitrogens with zero attached hydrogens (tertiary/aromatic N) is 3. The maximum atomic E-state index is 13.2. The molecule has 3 aromatic rings. The second-order valence-corrected chi connectivity index (χ2v) is 9.44. The molecule has 180 valence electrons. The van der Waals surface area contributed by atoms with E-state index in [0.717, 1.165) is 6.26 Å². The molecule has 1 N–H and O–H groups in total. The van der Waals surface area contributed by atoms with Gasteiger partial charge in [-0.1, -0.05) is 32.9 Å². The van der Waals surface area contributed by atoms with Crippen molar-refractivity contribution in [2.45, 2.75) is 38.6 Å². The maximum absolute atomic E-state index is 13.2. The standard InChI is InChI=1S/C22H21FN4O3S.C3H8/c1-4-19(22(28)25-12-15-10-18(13-24-11-15)31(3,29)30)20-14-26-27(21(20)5-2)17-8-6-16(23)7-9-17;1-3-2/h4-11,13-14H,2,12H2,1,3H3,(H,25,28);3H2,1-2H3/b19-4+;. The summed E-state index contributed by atoms with van der Waals surface area (Å²) in [5, 5.41) is 7.09. The highest BCUT2D eigenvalue weighted by atomic mass is 32.2. The number of hydrogen-bond acceptors (Lipinski definition) is 5. The minimum absolute atomic E-state index is 0.0834. The van der Waals surface area contributed by atoms with Crippen molar-refractivity contribution >= 4 is 27.4 Å². The summed E-state index contributed by atoms with van der Waals surface area (Å²) in [5.74, 6) is -0.728. The normalized spacial score (nSPS) is 11.4. The van der Waals surface area contributed by atoms with Crippen molar-refractivity contribution in [1.29, 1.82) is 0 Å². The molecular weight excluding hydrogens is 455 g/mol. The summed E-state index contributed by atoms with van der Waals surface area (Å²) in [6.07, 6.45) is 9.87. The van der Waals surface area contributed by atoms with E-state index in [9.17, 15) is 17.6 Å². The number of sulfone groups is 1. The van der Waals surface area contributed by atoms with Crippen LogP contribution in [-0.2, 0) is 21.2 Å². The number of allylic oxidation sites excluding steroid dienone is 1. The summed E-state index contributed by atoms with van der Waals surface area (Å²) in [7, 11) is -3.40. The van der Waals surface area contributed by atoms with Crippen molar-refractivity contribution in [3.63, 3.8) is 0 Å². The molecule has 1 amide bonds. The van der Waals surface area contributed by atoms with Gasteiger partial charge in [-0.3, -0.25) is 9.78 Å². The number of halogens is 1. The van der Waals surface area contributed by atoms with Crippen LogP contribution in [0.25, 0.3) is 17.3 Å². The Labute approximate surface area is 200 Å². The van der Waals surface area contributed by atoms with E-state index in [1.165, 1.54) is 37.0 Å². The summed E-state index contributed by atoms with van der Waals surface area (Å²) in [5.41, 5.74) is 2.69. The van der Waals surface area contributed by atoms with Crippen LogP contribution in [0.5, 0.6) is 0 Å². The van der Waals surface area contributed by atoms with Crippen LogP contribution in [0.2, 0.25) is 0 Å². The third-order valence-corrected chi connectivity index (χ3v) is 5.63. The smallest absolute Gasteiger partial charge is 0.251 e. The summed E-state index contributed by atoms with van der Waals surface area (Å²) in [6, 6.07) is 7.28. The lowest BCUT2D eigenvalue weighted by atomic mass is 10.1. The van der Waals surface area contributed by atoms with Gasteiger partial charge in [0.15, 0.2) is 9.84 Å². The lowest BCUT2D eigenvalue weighted by Gasteiger charge is -2.10. The zero-order valence-electron chi connectivity index (χ0n) is 19.7. The number of aromatic nitrogens is 3. The maximum Gasteiger partial charge on any atom is 0.251 e. The Balaban J connectivity index is 0.00000129. The molecular formula is C25H29FN4O3S. The van der Waals surface area contributed by atoms with E-state index in [2.05, 4.69) is 35.8 Å². The lowest BCUT2D eigenvalue weighted by molar-refractivity contribution is -0.115. The monoisotopic (exact) mass is 484 g/mol. The SMILES string of the molecule is C=Cc1c(/C(=C\C)C(=O)NCc2cncc(S(C)(=O)=O)c2)cnn1-c1ccc(F)cc1.CCC. The molecule has 0 unspecified atom stereocenters. The molecule has 0 aliphatic rings. The molecule has 3 rings (SSSR count). The van der Waals surface area contributed by atoms with Crippen molar-refractivity contribution in [2.24, 2.45) is 0 Å². The molecule has 2 heterocycles. The Morgan fingerprint density at radius 1 is 1.18 bits per heavy atom. The Morgan fingerprint density at radius 2 is 1.82 bits per heavy atom. The topological polar surface area (TPSA) is 93.9 Å². The molecule has 2 aromatic heterocycles. The largest absolute Gasteiger partial charge is 0.348 e. The number of carbonyl (C=O) groups is 1. The summed E-state index contributed by atoms with van der Waals surface area (Å²) in [4.78, 5) is 16.9. The highest BCUT2D eigenvalue weighted by molar-refractivity contribution is 7.90. The number of pyridine rings is 1. The summed E-state index contributed by atoms with van der Waals surface area (Å²) in [6.45, 7) is 9.89. The molecule has 1 aromatic carbocycles. The fourth-order valence-corrected chi connectivity index (χ4v) is 3.62. The predicted molar refractivity (Wildman–Crippen MR) is 132 cm³/mol. The molecule has 34 heavy (non-hydrogen) atoms. The van der Waals surface area contributed by atoms with Crippen LogP contribution in [-0.4, -0.2) is 35.3 Å². The van der Waals surface area contributed by atoms with Crippen molar-refractivity contribution in [3.05, 3.63) is 84.2 Å². The molecule has 0 radical (unpaired) electrons. The van der Waals surface area contributed by atoms with Crippen LogP contribution >= 0.6 is 0 Å². The number of rotatable bonds is 7. The molecule has 0 bridgehead atoms. The first-order valence-corrected chi connectivity index (χ1v) is 12.6. The van der Waals surface area contributed by atoms with Gasteiger partial charge in [-0.25, -0.2) is 17.5 Å². The van der Waals surface area contributed by atoms with E-state index in [4.69, 9.17) is 0 Å². The number of carbonyl (C=O) groups excluding carboxylic acids is 1. The van der Waals surface area contributed by atoms with Crippen LogP contribution in [0.4, 0.5) is 4.39 Å². The van der Waals surface area contributed by atoms with Crippen LogP contribution in [0.1, 0.15) is 44.0 Å². The van der Waals surface area contributed by atoms with Crippen LogP contribution in [0.3, 0.4) is 0 Å². The molecule has 0 aliphatic carbocycles. The quantitative estimate of drug-likeness (QED) is 0.495. The molecule has 0 atom stereocenters. The number of amides is 1. The summed E-state index contributed by atoms with van der Waals surface area (Å²) >= 11 is 0. The molecule has 0 spiro atoms. The molecule has 0 fully saturated rings. The van der Waals surface area contributed by atoms with Gasteiger partial charge in [-0.05, 0) is 48.9 Å². The zero-order chi connectivity index (χ0) is 25.3. The first-order chi connectivity index (χ1) is 16.2. The van der Waals surface area contributed by atoms with Gasteiger partial charge in [-0.2, -0.15) is 5.10 Å². The van der Waals surface area contributed by atoms with Gasteiger partial charge in [0.2, 0.25) is 0 Å². The third kappa shape index (κ3) is 6.71. The van der Waals surface area contributed by atoms with Crippen LogP contribution in [0.15, 0.2) is 66.5 Å². The Hall–Kier alpha value is -3.59.